The third kappa shape index (κ3) is 1.02. The monoisotopic (exact) mass is 176 g/mol. The summed E-state index contributed by atoms with van der Waals surface area (Å²) in [4.78, 5) is 7.08. The lowest BCUT2D eigenvalue weighted by Crippen LogP contribution is -1.85. The molecule has 2 aromatic rings. The molecular weight excluding hydrogens is 168 g/mol. The molecule has 1 N–H and O–H groups in total. The zero-order chi connectivity index (χ0) is 8.55. The molecule has 0 aliphatic carbocycles. The van der Waals surface area contributed by atoms with Crippen molar-refractivity contribution in [3.63, 3.8) is 0 Å². The molecule has 0 aliphatic rings. The molecule has 0 unspecified atom stereocenters. The van der Waals surface area contributed by atoms with Gasteiger partial charge in [-0.1, -0.05) is 24.4 Å². The van der Waals surface area contributed by atoms with Crippen LogP contribution in [0.5, 0.6) is 0 Å². The summed E-state index contributed by atoms with van der Waals surface area (Å²) < 4.78 is 0.668. The summed E-state index contributed by atoms with van der Waals surface area (Å²) in [6, 6.07) is 6.04. The lowest BCUT2D eigenvalue weighted by Gasteiger charge is -1.99. The minimum absolute atomic E-state index is 0.668. The molecule has 0 spiro atoms. The topological polar surface area (TPSA) is 28.7 Å². The number of H-pyrrole nitrogens is 1. The van der Waals surface area contributed by atoms with Crippen LogP contribution in [-0.4, -0.2) is 9.97 Å². The van der Waals surface area contributed by atoms with E-state index in [1.165, 1.54) is 5.56 Å². The van der Waals surface area contributed by atoms with E-state index in [1.54, 1.807) is 6.33 Å². The number of rotatable bonds is 0. The molecule has 2 nitrogen and oxygen atoms in total. The third-order valence-electron chi connectivity index (χ3n) is 1.89. The van der Waals surface area contributed by atoms with Crippen LogP contribution in [0.15, 0.2) is 24.5 Å². The second-order valence-electron chi connectivity index (χ2n) is 2.71. The van der Waals surface area contributed by atoms with Crippen LogP contribution in [0, 0.1) is 11.6 Å². The number of aromatic amines is 1. The van der Waals surface area contributed by atoms with E-state index in [1.807, 2.05) is 25.1 Å². The molecular formula is C9H8N2S. The van der Waals surface area contributed by atoms with Gasteiger partial charge in [-0.2, -0.15) is 0 Å². The fourth-order valence-electron chi connectivity index (χ4n) is 1.30. The van der Waals surface area contributed by atoms with E-state index in [0.29, 0.717) is 4.64 Å². The quantitative estimate of drug-likeness (QED) is 0.625. The normalized spacial score (nSPS) is 10.4. The lowest BCUT2D eigenvalue weighted by atomic mass is 10.1. The minimum Gasteiger partial charge on any atom is -0.346 e. The van der Waals surface area contributed by atoms with Crippen LogP contribution < -0.4 is 0 Å². The van der Waals surface area contributed by atoms with E-state index in [-0.39, 0.29) is 0 Å². The average molecular weight is 176 g/mol. The van der Waals surface area contributed by atoms with E-state index < -0.39 is 0 Å². The molecule has 12 heavy (non-hydrogen) atoms. The van der Waals surface area contributed by atoms with E-state index >= 15 is 0 Å². The first kappa shape index (κ1) is 7.43. The summed E-state index contributed by atoms with van der Waals surface area (Å²) in [5.41, 5.74) is 2.22. The highest BCUT2D eigenvalue weighted by Crippen LogP contribution is 2.15. The molecule has 0 fully saturated rings. The summed E-state index contributed by atoms with van der Waals surface area (Å²) >= 11 is 5.11. The van der Waals surface area contributed by atoms with Gasteiger partial charge >= 0.3 is 0 Å². The molecule has 3 heteroatoms. The maximum Gasteiger partial charge on any atom is 0.137 e. The molecule has 0 saturated heterocycles. The maximum atomic E-state index is 5.11. The van der Waals surface area contributed by atoms with E-state index in [4.69, 9.17) is 12.2 Å². The second-order valence-corrected chi connectivity index (χ2v) is 3.09. The number of hydrogen-bond acceptors (Lipinski definition) is 2. The van der Waals surface area contributed by atoms with Gasteiger partial charge in [-0.15, -0.1) is 0 Å². The number of hydrogen-bond donors (Lipinski definition) is 1. The van der Waals surface area contributed by atoms with Crippen LogP contribution in [0.1, 0.15) is 5.56 Å². The molecule has 1 aromatic heterocycles. The SMILES string of the molecule is Cc1cccc2[nH]cnc(=S)c12. The van der Waals surface area contributed by atoms with Crippen molar-refractivity contribution in [2.24, 2.45) is 0 Å². The molecule has 0 saturated carbocycles. The highest BCUT2D eigenvalue weighted by Gasteiger charge is 1.97. The van der Waals surface area contributed by atoms with Crippen molar-refractivity contribution < 1.29 is 0 Å². The lowest BCUT2D eigenvalue weighted by molar-refractivity contribution is 1.20. The van der Waals surface area contributed by atoms with Crippen molar-refractivity contribution in [1.29, 1.82) is 0 Å². The minimum atomic E-state index is 0.668. The van der Waals surface area contributed by atoms with Gasteiger partial charge in [-0.25, -0.2) is 4.98 Å². The van der Waals surface area contributed by atoms with Crippen molar-refractivity contribution in [3.05, 3.63) is 34.7 Å². The van der Waals surface area contributed by atoms with Gasteiger partial charge in [-0.05, 0) is 18.6 Å². The standard InChI is InChI=1S/C9H8N2S/c1-6-3-2-4-7-8(6)9(12)11-5-10-7/h2-5H,1H3,(H,10,11,12). The Morgan fingerprint density at radius 2 is 2.25 bits per heavy atom. The van der Waals surface area contributed by atoms with Crippen molar-refractivity contribution >= 4 is 23.1 Å². The number of nitrogens with zero attached hydrogens (tertiary/aromatic N) is 1. The summed E-state index contributed by atoms with van der Waals surface area (Å²) in [6.45, 7) is 2.04. The zero-order valence-electron chi connectivity index (χ0n) is 6.66. The van der Waals surface area contributed by atoms with Crippen molar-refractivity contribution in [2.45, 2.75) is 6.92 Å². The molecule has 0 atom stereocenters. The smallest absolute Gasteiger partial charge is 0.137 e. The highest BCUT2D eigenvalue weighted by molar-refractivity contribution is 7.71. The number of aryl methyl sites for hydroxylation is 1. The van der Waals surface area contributed by atoms with Crippen LogP contribution in [-0.2, 0) is 0 Å². The van der Waals surface area contributed by atoms with Crippen LogP contribution >= 0.6 is 12.2 Å². The van der Waals surface area contributed by atoms with Crippen molar-refractivity contribution in [3.8, 4) is 0 Å². The van der Waals surface area contributed by atoms with Gasteiger partial charge in [0.1, 0.15) is 4.64 Å². The Kier molecular flexibility index (Phi) is 1.66. The van der Waals surface area contributed by atoms with E-state index in [0.717, 1.165) is 10.9 Å². The van der Waals surface area contributed by atoms with E-state index in [9.17, 15) is 0 Å². The largest absolute Gasteiger partial charge is 0.346 e. The highest BCUT2D eigenvalue weighted by atomic mass is 32.1. The van der Waals surface area contributed by atoms with Crippen LogP contribution in [0.25, 0.3) is 10.9 Å². The molecule has 0 bridgehead atoms. The van der Waals surface area contributed by atoms with Gasteiger partial charge in [0.15, 0.2) is 0 Å². The predicted octanol–water partition coefficient (Wildman–Crippen LogP) is 2.60. The number of benzene rings is 1. The zero-order valence-corrected chi connectivity index (χ0v) is 7.48. The maximum absolute atomic E-state index is 5.11. The van der Waals surface area contributed by atoms with Gasteiger partial charge in [0, 0.05) is 10.9 Å². The fraction of sp³-hybridized carbons (Fsp3) is 0.111. The van der Waals surface area contributed by atoms with Gasteiger partial charge < -0.3 is 4.98 Å². The Morgan fingerprint density at radius 1 is 1.42 bits per heavy atom. The Morgan fingerprint density at radius 3 is 3.00 bits per heavy atom. The Labute approximate surface area is 75.3 Å². The molecule has 1 heterocycles. The molecule has 1 aromatic carbocycles. The van der Waals surface area contributed by atoms with Gasteiger partial charge in [0.2, 0.25) is 0 Å². The van der Waals surface area contributed by atoms with Crippen LogP contribution in [0.4, 0.5) is 0 Å². The third-order valence-corrected chi connectivity index (χ3v) is 2.20. The first-order valence-electron chi connectivity index (χ1n) is 3.72. The summed E-state index contributed by atoms with van der Waals surface area (Å²) in [6.07, 6.45) is 1.63. The van der Waals surface area contributed by atoms with Crippen LogP contribution in [0.2, 0.25) is 0 Å². The van der Waals surface area contributed by atoms with Gasteiger partial charge in [-0.3, -0.25) is 0 Å². The summed E-state index contributed by atoms with van der Waals surface area (Å²) in [7, 11) is 0. The molecule has 0 amide bonds. The molecule has 0 aliphatic heterocycles. The predicted molar refractivity (Wildman–Crippen MR) is 51.7 cm³/mol. The second kappa shape index (κ2) is 2.68. The fourth-order valence-corrected chi connectivity index (χ4v) is 1.62. The molecule has 2 rings (SSSR count). The Balaban J connectivity index is 3.07. The van der Waals surface area contributed by atoms with Crippen molar-refractivity contribution in [1.82, 2.24) is 9.97 Å². The first-order chi connectivity index (χ1) is 5.79. The van der Waals surface area contributed by atoms with Gasteiger partial charge in [0.25, 0.3) is 0 Å². The molecule has 0 radical (unpaired) electrons. The van der Waals surface area contributed by atoms with Crippen LogP contribution in [0.3, 0.4) is 0 Å². The van der Waals surface area contributed by atoms with E-state index in [2.05, 4.69) is 9.97 Å². The summed E-state index contributed by atoms with van der Waals surface area (Å²) in [5.74, 6) is 0. The first-order valence-corrected chi connectivity index (χ1v) is 4.13. The number of aromatic nitrogens is 2. The number of fused-ring (bicyclic) bond motifs is 1. The summed E-state index contributed by atoms with van der Waals surface area (Å²) in [5, 5.41) is 1.05. The van der Waals surface area contributed by atoms with Crippen molar-refractivity contribution in [2.75, 3.05) is 0 Å². The van der Waals surface area contributed by atoms with Gasteiger partial charge in [0.05, 0.1) is 6.33 Å². The Bertz CT molecular complexity index is 468. The number of nitrogens with one attached hydrogen (secondary N) is 1. The Hall–Kier alpha value is -1.22. The molecule has 60 valence electrons. The average Bonchev–Trinajstić information content (AvgIpc) is 2.04.